The van der Waals surface area contributed by atoms with Crippen LogP contribution in [0.2, 0.25) is 0 Å². The number of para-hydroxylation sites is 1. The van der Waals surface area contributed by atoms with Gasteiger partial charge in [-0.15, -0.1) is 24.0 Å². The molecule has 0 amide bonds. The molecule has 1 aliphatic rings. The van der Waals surface area contributed by atoms with E-state index < -0.39 is 0 Å². The summed E-state index contributed by atoms with van der Waals surface area (Å²) in [5.74, 6) is 1.08. The van der Waals surface area contributed by atoms with E-state index in [2.05, 4.69) is 45.5 Å². The van der Waals surface area contributed by atoms with Crippen LogP contribution in [0.5, 0.6) is 0 Å². The molecule has 2 atom stereocenters. The van der Waals surface area contributed by atoms with E-state index in [-0.39, 0.29) is 30.0 Å². The number of halogens is 1. The molecule has 6 heteroatoms. The molecular weight excluding hydrogens is 391 g/mol. The maximum Gasteiger partial charge on any atom is 0.188 e. The first-order valence-corrected chi connectivity index (χ1v) is 7.54. The maximum absolute atomic E-state index is 5.90. The zero-order valence-electron chi connectivity index (χ0n) is 13.4. The van der Waals surface area contributed by atoms with Crippen LogP contribution in [0.15, 0.2) is 35.3 Å². The van der Waals surface area contributed by atoms with Gasteiger partial charge in [-0.05, 0) is 31.4 Å². The van der Waals surface area contributed by atoms with Gasteiger partial charge in [-0.25, -0.2) is 0 Å². The quantitative estimate of drug-likeness (QED) is 0.422. The van der Waals surface area contributed by atoms with Gasteiger partial charge in [0.1, 0.15) is 0 Å². The lowest BCUT2D eigenvalue weighted by molar-refractivity contribution is 0.179. The lowest BCUT2D eigenvalue weighted by Crippen LogP contribution is -2.41. The zero-order valence-corrected chi connectivity index (χ0v) is 15.7. The van der Waals surface area contributed by atoms with E-state index in [1.165, 1.54) is 12.1 Å². The molecule has 1 aromatic rings. The third-order valence-electron chi connectivity index (χ3n) is 3.74. The first kappa shape index (κ1) is 19.0. The number of aliphatic imine (C=N–C) groups is 1. The Bertz CT molecular complexity index is 455. The number of benzene rings is 1. The van der Waals surface area contributed by atoms with Crippen molar-refractivity contribution in [2.24, 2.45) is 16.6 Å². The smallest absolute Gasteiger partial charge is 0.188 e. The van der Waals surface area contributed by atoms with Crippen molar-refractivity contribution in [3.8, 4) is 0 Å². The summed E-state index contributed by atoms with van der Waals surface area (Å²) in [5.41, 5.74) is 7.19. The molecule has 0 saturated carbocycles. The minimum atomic E-state index is 0. The van der Waals surface area contributed by atoms with Crippen molar-refractivity contribution in [1.29, 1.82) is 0 Å². The fraction of sp³-hybridized carbons (Fsp3) is 0.562. The lowest BCUT2D eigenvalue weighted by Gasteiger charge is -2.18. The molecule has 1 aromatic carbocycles. The van der Waals surface area contributed by atoms with Crippen LogP contribution in [-0.2, 0) is 4.74 Å². The molecule has 3 N–H and O–H groups in total. The van der Waals surface area contributed by atoms with Gasteiger partial charge >= 0.3 is 0 Å². The van der Waals surface area contributed by atoms with Gasteiger partial charge in [-0.1, -0.05) is 18.2 Å². The van der Waals surface area contributed by atoms with Crippen LogP contribution in [0.3, 0.4) is 0 Å². The molecule has 0 aromatic heterocycles. The minimum absolute atomic E-state index is 0. The molecule has 0 aliphatic carbocycles. The Balaban J connectivity index is 0.00000242. The van der Waals surface area contributed by atoms with Crippen LogP contribution in [0.4, 0.5) is 5.69 Å². The molecule has 124 valence electrons. The molecular formula is C16H27IN4O. The van der Waals surface area contributed by atoms with E-state index in [1.54, 1.807) is 7.11 Å². The van der Waals surface area contributed by atoms with Crippen LogP contribution in [0.1, 0.15) is 13.3 Å². The molecule has 0 bridgehead atoms. The summed E-state index contributed by atoms with van der Waals surface area (Å²) in [5, 5.41) is 3.14. The summed E-state index contributed by atoms with van der Waals surface area (Å²) in [6.07, 6.45) is 1.17. The van der Waals surface area contributed by atoms with Gasteiger partial charge in [-0.2, -0.15) is 0 Å². The monoisotopic (exact) mass is 418 g/mol. The van der Waals surface area contributed by atoms with E-state index in [0.29, 0.717) is 18.5 Å². The van der Waals surface area contributed by atoms with E-state index >= 15 is 0 Å². The molecule has 22 heavy (non-hydrogen) atoms. The van der Waals surface area contributed by atoms with Crippen molar-refractivity contribution in [2.75, 3.05) is 38.3 Å². The van der Waals surface area contributed by atoms with Crippen LogP contribution in [0, 0.1) is 5.92 Å². The average molecular weight is 418 g/mol. The SMILES string of the molecule is COCC(C)NC(N)=NCC1CCN(c2ccccc2)C1.I. The summed E-state index contributed by atoms with van der Waals surface area (Å²) in [6, 6.07) is 10.7. The third kappa shape index (κ3) is 6.00. The van der Waals surface area contributed by atoms with E-state index in [4.69, 9.17) is 10.5 Å². The van der Waals surface area contributed by atoms with Gasteiger partial charge in [0, 0.05) is 38.5 Å². The molecule has 2 rings (SSSR count). The molecule has 2 unspecified atom stereocenters. The van der Waals surface area contributed by atoms with Crippen LogP contribution >= 0.6 is 24.0 Å². The van der Waals surface area contributed by atoms with E-state index in [1.807, 2.05) is 6.92 Å². The number of rotatable bonds is 6. The van der Waals surface area contributed by atoms with Crippen molar-refractivity contribution in [2.45, 2.75) is 19.4 Å². The molecule has 5 nitrogen and oxygen atoms in total. The third-order valence-corrected chi connectivity index (χ3v) is 3.74. The highest BCUT2D eigenvalue weighted by Gasteiger charge is 2.22. The van der Waals surface area contributed by atoms with Crippen LogP contribution < -0.4 is 16.0 Å². The number of guanidine groups is 1. The second-order valence-electron chi connectivity index (χ2n) is 5.66. The summed E-state index contributed by atoms with van der Waals surface area (Å²) in [4.78, 5) is 6.87. The normalized spacial score (nSPS) is 19.6. The first-order chi connectivity index (χ1) is 10.2. The van der Waals surface area contributed by atoms with E-state index in [9.17, 15) is 0 Å². The summed E-state index contributed by atoms with van der Waals surface area (Å²) in [6.45, 7) is 5.58. The largest absolute Gasteiger partial charge is 0.383 e. The highest BCUT2D eigenvalue weighted by Crippen LogP contribution is 2.23. The number of nitrogens with one attached hydrogen (secondary N) is 1. The van der Waals surface area contributed by atoms with Crippen molar-refractivity contribution < 1.29 is 4.74 Å². The minimum Gasteiger partial charge on any atom is -0.383 e. The zero-order chi connectivity index (χ0) is 15.1. The van der Waals surface area contributed by atoms with Crippen LogP contribution in [0.25, 0.3) is 0 Å². The Morgan fingerprint density at radius 2 is 2.18 bits per heavy atom. The first-order valence-electron chi connectivity index (χ1n) is 7.54. The van der Waals surface area contributed by atoms with Crippen molar-refractivity contribution >= 4 is 35.6 Å². The number of ether oxygens (including phenoxy) is 1. The van der Waals surface area contributed by atoms with Gasteiger partial charge in [-0.3, -0.25) is 4.99 Å². The van der Waals surface area contributed by atoms with Crippen molar-refractivity contribution in [1.82, 2.24) is 5.32 Å². The number of methoxy groups -OCH3 is 1. The molecule has 0 spiro atoms. The number of anilines is 1. The second kappa shape index (κ2) is 9.89. The Kier molecular flexibility index (Phi) is 8.55. The van der Waals surface area contributed by atoms with Gasteiger partial charge in [0.25, 0.3) is 0 Å². The fourth-order valence-electron chi connectivity index (χ4n) is 2.67. The highest BCUT2D eigenvalue weighted by molar-refractivity contribution is 14.0. The predicted octanol–water partition coefficient (Wildman–Crippen LogP) is 2.07. The van der Waals surface area contributed by atoms with Gasteiger partial charge < -0.3 is 20.7 Å². The summed E-state index contributed by atoms with van der Waals surface area (Å²) in [7, 11) is 1.68. The molecule has 1 aliphatic heterocycles. The second-order valence-corrected chi connectivity index (χ2v) is 5.66. The topological polar surface area (TPSA) is 62.9 Å². The summed E-state index contributed by atoms with van der Waals surface area (Å²) >= 11 is 0. The van der Waals surface area contributed by atoms with Crippen molar-refractivity contribution in [3.05, 3.63) is 30.3 Å². The van der Waals surface area contributed by atoms with Crippen LogP contribution in [-0.4, -0.2) is 45.4 Å². The van der Waals surface area contributed by atoms with E-state index in [0.717, 1.165) is 19.6 Å². The fourth-order valence-corrected chi connectivity index (χ4v) is 2.67. The number of nitrogens with two attached hydrogens (primary N) is 1. The maximum atomic E-state index is 5.90. The Labute approximate surface area is 150 Å². The Morgan fingerprint density at radius 3 is 2.86 bits per heavy atom. The van der Waals surface area contributed by atoms with Gasteiger partial charge in [0.15, 0.2) is 5.96 Å². The lowest BCUT2D eigenvalue weighted by atomic mass is 10.1. The van der Waals surface area contributed by atoms with Crippen molar-refractivity contribution in [3.63, 3.8) is 0 Å². The molecule has 0 radical (unpaired) electrons. The molecule has 1 heterocycles. The number of nitrogens with zero attached hydrogens (tertiary/aromatic N) is 2. The Hall–Kier alpha value is -1.02. The number of hydrogen-bond acceptors (Lipinski definition) is 3. The Morgan fingerprint density at radius 1 is 1.45 bits per heavy atom. The van der Waals surface area contributed by atoms with Gasteiger partial charge in [0.05, 0.1) is 6.61 Å². The highest BCUT2D eigenvalue weighted by atomic mass is 127. The van der Waals surface area contributed by atoms with Gasteiger partial charge in [0.2, 0.25) is 0 Å². The number of hydrogen-bond donors (Lipinski definition) is 2. The molecule has 1 saturated heterocycles. The standard InChI is InChI=1S/C16H26N4O.HI/c1-13(12-21-2)19-16(17)18-10-14-8-9-20(11-14)15-6-4-3-5-7-15;/h3-7,13-14H,8-12H2,1-2H3,(H3,17,18,19);1H. The average Bonchev–Trinajstić information content (AvgIpc) is 2.95. The predicted molar refractivity (Wildman–Crippen MR) is 103 cm³/mol. The molecule has 1 fully saturated rings. The summed E-state index contributed by atoms with van der Waals surface area (Å²) < 4.78 is 5.07.